The van der Waals surface area contributed by atoms with E-state index in [1.165, 1.54) is 4.90 Å². The molecule has 4 atom stereocenters. The summed E-state index contributed by atoms with van der Waals surface area (Å²) in [4.78, 5) is 26.8. The summed E-state index contributed by atoms with van der Waals surface area (Å²) in [5.41, 5.74) is 2.85. The van der Waals surface area contributed by atoms with Gasteiger partial charge in [-0.15, -0.1) is 0 Å². The van der Waals surface area contributed by atoms with Gasteiger partial charge in [0.15, 0.2) is 0 Å². The number of nitrogens with zero attached hydrogens (tertiary/aromatic N) is 1. The summed E-state index contributed by atoms with van der Waals surface area (Å²) >= 11 is 0. The van der Waals surface area contributed by atoms with Gasteiger partial charge in [0, 0.05) is 31.9 Å². The van der Waals surface area contributed by atoms with Gasteiger partial charge in [0.2, 0.25) is 11.8 Å². The van der Waals surface area contributed by atoms with Gasteiger partial charge in [-0.3, -0.25) is 9.59 Å². The monoisotopic (exact) mass is 332 g/mol. The number of carbonyl (C=O) groups excluding carboxylic acids is 2. The molecule has 6 heteroatoms. The van der Waals surface area contributed by atoms with Crippen LogP contribution in [0.3, 0.4) is 0 Å². The Labute approximate surface area is 144 Å². The normalized spacial score (nSPS) is 26.8. The summed E-state index contributed by atoms with van der Waals surface area (Å²) in [6.07, 6.45) is 0. The van der Waals surface area contributed by atoms with Gasteiger partial charge in [0.25, 0.3) is 0 Å². The number of hydrogen-bond acceptors (Lipinski definition) is 4. The Morgan fingerprint density at radius 1 is 1.04 bits per heavy atom. The molecule has 2 rings (SSSR count). The van der Waals surface area contributed by atoms with Crippen LogP contribution >= 0.6 is 0 Å². The fourth-order valence-corrected chi connectivity index (χ4v) is 2.85. The maximum absolute atomic E-state index is 12.8. The highest BCUT2D eigenvalue weighted by molar-refractivity contribution is 6.00. The van der Waals surface area contributed by atoms with E-state index in [4.69, 9.17) is 0 Å². The van der Waals surface area contributed by atoms with Crippen molar-refractivity contribution in [2.45, 2.75) is 51.9 Å². The zero-order chi connectivity index (χ0) is 18.0. The van der Waals surface area contributed by atoms with Crippen molar-refractivity contribution in [1.82, 2.24) is 15.5 Å². The molecule has 3 N–H and O–H groups in total. The molecule has 1 aliphatic heterocycles. The number of carbonyl (C=O) groups is 2. The standard InChI is InChI=1S/C18H28N4O2/c1-10-7-8-11(2)14(9-10)21-17(23)15-16(18(24)22(5)6)20-13(4)12(3)19-15/h7-9,12-13,15-16,19-20H,1-6H3,(H,21,23). The summed E-state index contributed by atoms with van der Waals surface area (Å²) in [6.45, 7) is 7.95. The fourth-order valence-electron chi connectivity index (χ4n) is 2.85. The first-order valence-electron chi connectivity index (χ1n) is 8.32. The van der Waals surface area contributed by atoms with Crippen molar-refractivity contribution in [3.63, 3.8) is 0 Å². The number of nitrogens with one attached hydrogen (secondary N) is 3. The van der Waals surface area contributed by atoms with Crippen LogP contribution in [0, 0.1) is 13.8 Å². The first-order valence-corrected chi connectivity index (χ1v) is 8.32. The average Bonchev–Trinajstić information content (AvgIpc) is 2.52. The molecular formula is C18H28N4O2. The summed E-state index contributed by atoms with van der Waals surface area (Å²) in [5, 5.41) is 9.53. The molecule has 24 heavy (non-hydrogen) atoms. The van der Waals surface area contributed by atoms with Crippen molar-refractivity contribution in [1.29, 1.82) is 0 Å². The highest BCUT2D eigenvalue weighted by atomic mass is 16.2. The summed E-state index contributed by atoms with van der Waals surface area (Å²) in [5.74, 6) is -0.308. The van der Waals surface area contributed by atoms with E-state index in [0.29, 0.717) is 0 Å². The van der Waals surface area contributed by atoms with E-state index in [-0.39, 0.29) is 23.9 Å². The first kappa shape index (κ1) is 18.4. The van der Waals surface area contributed by atoms with Crippen LogP contribution in [0.2, 0.25) is 0 Å². The number of amides is 2. The van der Waals surface area contributed by atoms with Crippen LogP contribution in [0.1, 0.15) is 25.0 Å². The molecule has 0 aromatic heterocycles. The van der Waals surface area contributed by atoms with E-state index >= 15 is 0 Å². The zero-order valence-electron chi connectivity index (χ0n) is 15.3. The minimum atomic E-state index is -0.619. The Morgan fingerprint density at radius 3 is 2.21 bits per heavy atom. The number of anilines is 1. The molecule has 132 valence electrons. The van der Waals surface area contributed by atoms with Crippen LogP contribution in [-0.4, -0.2) is 55.0 Å². The molecular weight excluding hydrogens is 304 g/mol. The molecule has 0 saturated carbocycles. The molecule has 1 aliphatic rings. The zero-order valence-corrected chi connectivity index (χ0v) is 15.3. The van der Waals surface area contributed by atoms with E-state index < -0.39 is 12.1 Å². The molecule has 6 nitrogen and oxygen atoms in total. The van der Waals surface area contributed by atoms with E-state index in [1.807, 2.05) is 45.9 Å². The van der Waals surface area contributed by atoms with Crippen LogP contribution < -0.4 is 16.0 Å². The Bertz CT molecular complexity index is 629. The average molecular weight is 332 g/mol. The van der Waals surface area contributed by atoms with Gasteiger partial charge >= 0.3 is 0 Å². The molecule has 1 aromatic rings. The third-order valence-electron chi connectivity index (χ3n) is 4.61. The number of hydrogen-bond donors (Lipinski definition) is 3. The van der Waals surface area contributed by atoms with Crippen molar-refractivity contribution < 1.29 is 9.59 Å². The van der Waals surface area contributed by atoms with E-state index in [0.717, 1.165) is 16.8 Å². The van der Waals surface area contributed by atoms with E-state index in [1.54, 1.807) is 14.1 Å². The Balaban J connectivity index is 2.23. The van der Waals surface area contributed by atoms with Crippen LogP contribution in [0.25, 0.3) is 0 Å². The van der Waals surface area contributed by atoms with E-state index in [2.05, 4.69) is 16.0 Å². The van der Waals surface area contributed by atoms with E-state index in [9.17, 15) is 9.59 Å². The lowest BCUT2D eigenvalue weighted by atomic mass is 9.96. The van der Waals surface area contributed by atoms with Crippen LogP contribution in [0.5, 0.6) is 0 Å². The first-order chi connectivity index (χ1) is 11.2. The third-order valence-corrected chi connectivity index (χ3v) is 4.61. The van der Waals surface area contributed by atoms with Gasteiger partial charge in [-0.1, -0.05) is 12.1 Å². The van der Waals surface area contributed by atoms with Gasteiger partial charge in [0.1, 0.15) is 12.1 Å². The highest BCUT2D eigenvalue weighted by Gasteiger charge is 2.41. The topological polar surface area (TPSA) is 73.5 Å². The van der Waals surface area contributed by atoms with Gasteiger partial charge < -0.3 is 20.9 Å². The molecule has 0 spiro atoms. The number of likely N-dealkylation sites (N-methyl/N-ethyl adjacent to an activating group) is 1. The third kappa shape index (κ3) is 3.94. The maximum atomic E-state index is 12.8. The lowest BCUT2D eigenvalue weighted by Crippen LogP contribution is -2.70. The molecule has 1 fully saturated rings. The fraction of sp³-hybridized carbons (Fsp3) is 0.556. The molecule has 1 saturated heterocycles. The number of benzene rings is 1. The predicted molar refractivity (Wildman–Crippen MR) is 96.0 cm³/mol. The van der Waals surface area contributed by atoms with Crippen molar-refractivity contribution in [2.75, 3.05) is 19.4 Å². The summed E-state index contributed by atoms with van der Waals surface area (Å²) in [6, 6.07) is 4.91. The Hall–Kier alpha value is -1.92. The van der Waals surface area contributed by atoms with Gasteiger partial charge in [-0.2, -0.15) is 0 Å². The van der Waals surface area contributed by atoms with Crippen molar-refractivity contribution >= 4 is 17.5 Å². The van der Waals surface area contributed by atoms with Gasteiger partial charge in [-0.25, -0.2) is 0 Å². The highest BCUT2D eigenvalue weighted by Crippen LogP contribution is 2.18. The second kappa shape index (κ2) is 7.32. The molecule has 4 unspecified atom stereocenters. The Kier molecular flexibility index (Phi) is 5.62. The lowest BCUT2D eigenvalue weighted by Gasteiger charge is -2.40. The lowest BCUT2D eigenvalue weighted by molar-refractivity contribution is -0.135. The predicted octanol–water partition coefficient (Wildman–Crippen LogP) is 1.04. The second-order valence-electron chi connectivity index (χ2n) is 6.91. The summed E-state index contributed by atoms with van der Waals surface area (Å²) < 4.78 is 0. The molecule has 0 aliphatic carbocycles. The number of aryl methyl sites for hydroxylation is 2. The molecule has 1 heterocycles. The summed E-state index contributed by atoms with van der Waals surface area (Å²) in [7, 11) is 3.40. The van der Waals surface area contributed by atoms with Crippen molar-refractivity contribution in [2.24, 2.45) is 0 Å². The molecule has 0 bridgehead atoms. The smallest absolute Gasteiger partial charge is 0.243 e. The molecule has 0 radical (unpaired) electrons. The van der Waals surface area contributed by atoms with Crippen LogP contribution in [-0.2, 0) is 9.59 Å². The quantitative estimate of drug-likeness (QED) is 0.773. The van der Waals surface area contributed by atoms with Crippen molar-refractivity contribution in [3.05, 3.63) is 29.3 Å². The minimum Gasteiger partial charge on any atom is -0.347 e. The van der Waals surface area contributed by atoms with Gasteiger partial charge in [0.05, 0.1) is 0 Å². The number of rotatable bonds is 3. The minimum absolute atomic E-state index is 0.0885. The van der Waals surface area contributed by atoms with Crippen LogP contribution in [0.4, 0.5) is 5.69 Å². The van der Waals surface area contributed by atoms with Crippen molar-refractivity contribution in [3.8, 4) is 0 Å². The number of piperazine rings is 1. The van der Waals surface area contributed by atoms with Crippen LogP contribution in [0.15, 0.2) is 18.2 Å². The van der Waals surface area contributed by atoms with Gasteiger partial charge in [-0.05, 0) is 44.9 Å². The second-order valence-corrected chi connectivity index (χ2v) is 6.91. The SMILES string of the molecule is Cc1ccc(C)c(NC(=O)C2NC(C)C(C)NC2C(=O)N(C)C)c1. The molecule has 2 amide bonds. The maximum Gasteiger partial charge on any atom is 0.243 e. The Morgan fingerprint density at radius 2 is 1.62 bits per heavy atom. The molecule has 1 aromatic carbocycles. The largest absolute Gasteiger partial charge is 0.347 e.